The van der Waals surface area contributed by atoms with Crippen LogP contribution in [0.5, 0.6) is 5.75 Å². The van der Waals surface area contributed by atoms with Crippen molar-refractivity contribution in [3.8, 4) is 5.75 Å². The fourth-order valence-electron chi connectivity index (χ4n) is 1.50. The van der Waals surface area contributed by atoms with Crippen molar-refractivity contribution in [3.63, 3.8) is 0 Å². The highest BCUT2D eigenvalue weighted by Gasteiger charge is 2.09. The number of sulfonamides is 1. The summed E-state index contributed by atoms with van der Waals surface area (Å²) in [5, 5.41) is 4.89. The number of hydrogen-bond donors (Lipinski definition) is 1. The van der Waals surface area contributed by atoms with Crippen LogP contribution in [0.25, 0.3) is 0 Å². The number of nitrogens with two attached hydrogens (primary N) is 1. The minimum absolute atomic E-state index is 0.0806. The van der Waals surface area contributed by atoms with Gasteiger partial charge in [0.25, 0.3) is 0 Å². The van der Waals surface area contributed by atoms with Gasteiger partial charge < -0.3 is 4.74 Å². The van der Waals surface area contributed by atoms with Crippen LogP contribution < -0.4 is 9.88 Å². The normalized spacial score (nSPS) is 13.3. The van der Waals surface area contributed by atoms with Crippen molar-refractivity contribution in [1.82, 2.24) is 0 Å². The topological polar surface area (TPSA) is 69.4 Å². The first-order valence-corrected chi connectivity index (χ1v) is 7.57. The van der Waals surface area contributed by atoms with Crippen molar-refractivity contribution in [2.75, 3.05) is 12.4 Å². The maximum atomic E-state index is 12.9. The molecule has 0 bridgehead atoms. The van der Waals surface area contributed by atoms with Crippen LogP contribution >= 0.6 is 0 Å². The van der Waals surface area contributed by atoms with Gasteiger partial charge in [-0.15, -0.1) is 0 Å². The summed E-state index contributed by atoms with van der Waals surface area (Å²) in [7, 11) is -3.45. The summed E-state index contributed by atoms with van der Waals surface area (Å²) >= 11 is 0. The molecule has 1 aromatic carbocycles. The van der Waals surface area contributed by atoms with Crippen molar-refractivity contribution in [2.45, 2.75) is 19.8 Å². The third-order valence-electron chi connectivity index (χ3n) is 2.61. The standard InChI is InChI=1S/C12H17F2NO3S/c1-9(3-5-19(15,16)17)2-4-18-12-7-10(13)6-11(14)8-12/h6-9H,2-5H2,1H3,(H2,15,16,17). The third kappa shape index (κ3) is 7.07. The summed E-state index contributed by atoms with van der Waals surface area (Å²) in [6.45, 7) is 2.12. The number of ether oxygens (including phenoxy) is 1. The molecule has 0 heterocycles. The fourth-order valence-corrected chi connectivity index (χ4v) is 2.23. The number of rotatable bonds is 7. The molecule has 0 saturated heterocycles. The molecule has 0 aliphatic carbocycles. The molecule has 1 rings (SSSR count). The molecule has 0 aliphatic rings. The number of halogens is 2. The van der Waals surface area contributed by atoms with Gasteiger partial charge in [0.1, 0.15) is 17.4 Å². The lowest BCUT2D eigenvalue weighted by Gasteiger charge is -2.11. The molecular formula is C12H17F2NO3S. The van der Waals surface area contributed by atoms with Crippen LogP contribution in [-0.2, 0) is 10.0 Å². The molecule has 19 heavy (non-hydrogen) atoms. The van der Waals surface area contributed by atoms with Crippen molar-refractivity contribution in [3.05, 3.63) is 29.8 Å². The molecular weight excluding hydrogens is 276 g/mol. The second kappa shape index (κ2) is 6.81. The monoisotopic (exact) mass is 293 g/mol. The summed E-state index contributed by atoms with van der Waals surface area (Å²) in [5.74, 6) is -1.26. The van der Waals surface area contributed by atoms with Crippen LogP contribution in [0.15, 0.2) is 18.2 Å². The largest absolute Gasteiger partial charge is 0.493 e. The first kappa shape index (κ1) is 15.8. The van der Waals surface area contributed by atoms with E-state index in [1.54, 1.807) is 0 Å². The minimum atomic E-state index is -3.45. The van der Waals surface area contributed by atoms with Crippen molar-refractivity contribution >= 4 is 10.0 Å². The fraction of sp³-hybridized carbons (Fsp3) is 0.500. The second-order valence-corrected chi connectivity index (χ2v) is 6.24. The Morgan fingerprint density at radius 3 is 2.32 bits per heavy atom. The summed E-state index contributed by atoms with van der Waals surface area (Å²) in [4.78, 5) is 0. The second-order valence-electron chi connectivity index (χ2n) is 4.50. The van der Waals surface area contributed by atoms with Crippen molar-refractivity contribution in [2.24, 2.45) is 11.1 Å². The molecule has 2 N–H and O–H groups in total. The van der Waals surface area contributed by atoms with E-state index in [1.165, 1.54) is 0 Å². The van der Waals surface area contributed by atoms with Gasteiger partial charge in [0.05, 0.1) is 12.4 Å². The lowest BCUT2D eigenvalue weighted by atomic mass is 10.1. The summed E-state index contributed by atoms with van der Waals surface area (Å²) in [6.07, 6.45) is 1.01. The van der Waals surface area contributed by atoms with Crippen LogP contribution in [0.2, 0.25) is 0 Å². The van der Waals surface area contributed by atoms with Crippen LogP contribution in [0.1, 0.15) is 19.8 Å². The smallest absolute Gasteiger partial charge is 0.209 e. The Morgan fingerprint density at radius 2 is 1.79 bits per heavy atom. The Balaban J connectivity index is 2.33. The van der Waals surface area contributed by atoms with Gasteiger partial charge >= 0.3 is 0 Å². The molecule has 0 radical (unpaired) electrons. The molecule has 1 unspecified atom stereocenters. The van der Waals surface area contributed by atoms with E-state index in [9.17, 15) is 17.2 Å². The van der Waals surface area contributed by atoms with E-state index < -0.39 is 21.7 Å². The van der Waals surface area contributed by atoms with Gasteiger partial charge in [0, 0.05) is 18.2 Å². The first-order valence-electron chi connectivity index (χ1n) is 5.85. The quantitative estimate of drug-likeness (QED) is 0.836. The van der Waals surface area contributed by atoms with Crippen LogP contribution in [0, 0.1) is 17.6 Å². The van der Waals surface area contributed by atoms with Gasteiger partial charge in [-0.25, -0.2) is 22.3 Å². The molecule has 0 aliphatic heterocycles. The Bertz CT molecular complexity index is 499. The number of primary sulfonamides is 1. The van der Waals surface area contributed by atoms with E-state index >= 15 is 0 Å². The predicted molar refractivity (Wildman–Crippen MR) is 68.2 cm³/mol. The van der Waals surface area contributed by atoms with E-state index in [0.29, 0.717) is 12.8 Å². The molecule has 7 heteroatoms. The van der Waals surface area contributed by atoms with E-state index in [-0.39, 0.29) is 24.0 Å². The van der Waals surface area contributed by atoms with E-state index in [2.05, 4.69) is 0 Å². The zero-order chi connectivity index (χ0) is 14.5. The lowest BCUT2D eigenvalue weighted by molar-refractivity contribution is 0.279. The van der Waals surface area contributed by atoms with Gasteiger partial charge in [-0.05, 0) is 18.8 Å². The Kier molecular flexibility index (Phi) is 5.68. The molecule has 4 nitrogen and oxygen atoms in total. The molecule has 0 saturated carbocycles. The zero-order valence-corrected chi connectivity index (χ0v) is 11.4. The number of benzene rings is 1. The van der Waals surface area contributed by atoms with Gasteiger partial charge in [-0.3, -0.25) is 0 Å². The summed E-state index contributed by atoms with van der Waals surface area (Å²) in [6, 6.07) is 2.96. The number of hydrogen-bond acceptors (Lipinski definition) is 3. The van der Waals surface area contributed by atoms with E-state index in [1.807, 2.05) is 6.92 Å². The SMILES string of the molecule is CC(CCOc1cc(F)cc(F)c1)CCS(N)(=O)=O. The Morgan fingerprint density at radius 1 is 1.21 bits per heavy atom. The Labute approximate surface area is 111 Å². The minimum Gasteiger partial charge on any atom is -0.493 e. The summed E-state index contributed by atoms with van der Waals surface area (Å²) in [5.41, 5.74) is 0. The maximum absolute atomic E-state index is 12.9. The molecule has 108 valence electrons. The van der Waals surface area contributed by atoms with E-state index in [4.69, 9.17) is 9.88 Å². The Hall–Kier alpha value is -1.21. The third-order valence-corrected chi connectivity index (χ3v) is 3.42. The summed E-state index contributed by atoms with van der Waals surface area (Å²) < 4.78 is 52.5. The van der Waals surface area contributed by atoms with Gasteiger partial charge in [0.2, 0.25) is 10.0 Å². The van der Waals surface area contributed by atoms with Gasteiger partial charge in [0.15, 0.2) is 0 Å². The average molecular weight is 293 g/mol. The van der Waals surface area contributed by atoms with Crippen molar-refractivity contribution in [1.29, 1.82) is 0 Å². The van der Waals surface area contributed by atoms with Crippen LogP contribution in [-0.4, -0.2) is 20.8 Å². The molecule has 0 amide bonds. The highest BCUT2D eigenvalue weighted by atomic mass is 32.2. The zero-order valence-electron chi connectivity index (χ0n) is 10.6. The first-order chi connectivity index (χ1) is 8.76. The molecule has 1 atom stereocenters. The van der Waals surface area contributed by atoms with Gasteiger partial charge in [-0.1, -0.05) is 6.92 Å². The van der Waals surface area contributed by atoms with Crippen LogP contribution in [0.4, 0.5) is 8.78 Å². The molecule has 0 aromatic heterocycles. The van der Waals surface area contributed by atoms with Crippen molar-refractivity contribution < 1.29 is 21.9 Å². The highest BCUT2D eigenvalue weighted by molar-refractivity contribution is 7.89. The molecule has 0 fully saturated rings. The van der Waals surface area contributed by atoms with Gasteiger partial charge in [-0.2, -0.15) is 0 Å². The van der Waals surface area contributed by atoms with E-state index in [0.717, 1.165) is 18.2 Å². The lowest BCUT2D eigenvalue weighted by Crippen LogP contribution is -2.18. The van der Waals surface area contributed by atoms with Crippen LogP contribution in [0.3, 0.4) is 0 Å². The highest BCUT2D eigenvalue weighted by Crippen LogP contribution is 2.16. The predicted octanol–water partition coefficient (Wildman–Crippen LogP) is 2.05. The maximum Gasteiger partial charge on any atom is 0.209 e. The molecule has 0 spiro atoms. The average Bonchev–Trinajstić information content (AvgIpc) is 2.24. The molecule has 1 aromatic rings.